The number of amides is 1. The number of aromatic amines is 1. The molecule has 3 N–H and O–H groups in total. The van der Waals surface area contributed by atoms with Crippen molar-refractivity contribution in [3.05, 3.63) is 46.5 Å². The number of H-pyrrole nitrogens is 1. The zero-order chi connectivity index (χ0) is 21.5. The normalized spacial score (nSPS) is 12.6. The second-order valence-electron chi connectivity index (χ2n) is 7.90. The lowest BCUT2D eigenvalue weighted by Gasteiger charge is -2.19. The molecule has 0 saturated carbocycles. The van der Waals surface area contributed by atoms with Crippen molar-refractivity contribution in [1.82, 2.24) is 10.2 Å². The molecular formula is C21H21N3O5S. The zero-order valence-electron chi connectivity index (χ0n) is 16.7. The molecule has 0 spiro atoms. The summed E-state index contributed by atoms with van der Waals surface area (Å²) in [5.74, 6) is -0.441. The van der Waals surface area contributed by atoms with E-state index in [1.54, 1.807) is 51.2 Å². The molecule has 30 heavy (non-hydrogen) atoms. The van der Waals surface area contributed by atoms with Crippen LogP contribution in [0.5, 0.6) is 10.8 Å². The lowest BCUT2D eigenvalue weighted by Crippen LogP contribution is -2.27. The molecule has 0 aliphatic heterocycles. The number of thiophene rings is 1. The van der Waals surface area contributed by atoms with Gasteiger partial charge in [0.2, 0.25) is 0 Å². The van der Waals surface area contributed by atoms with Crippen molar-refractivity contribution in [3.63, 3.8) is 0 Å². The SMILES string of the molecule is CC(C)(C)OC(=O)Nc1ccc(Oc2sc(C(=O)O)c3c2-c2[nH]ncc2CC3)cc1. The third-order valence-electron chi connectivity index (χ3n) is 4.49. The molecule has 2 aromatic heterocycles. The van der Waals surface area contributed by atoms with E-state index in [-0.39, 0.29) is 4.88 Å². The van der Waals surface area contributed by atoms with Crippen molar-refractivity contribution in [1.29, 1.82) is 0 Å². The molecule has 0 bridgehead atoms. The van der Waals surface area contributed by atoms with Crippen molar-refractivity contribution in [3.8, 4) is 22.1 Å². The summed E-state index contributed by atoms with van der Waals surface area (Å²) < 4.78 is 11.3. The van der Waals surface area contributed by atoms with Crippen LogP contribution in [0.15, 0.2) is 30.5 Å². The number of rotatable bonds is 4. The van der Waals surface area contributed by atoms with Gasteiger partial charge in [0.1, 0.15) is 16.2 Å². The first-order valence-electron chi connectivity index (χ1n) is 9.41. The van der Waals surface area contributed by atoms with Crippen molar-refractivity contribution in [2.75, 3.05) is 5.32 Å². The molecule has 0 saturated heterocycles. The van der Waals surface area contributed by atoms with Gasteiger partial charge < -0.3 is 14.6 Å². The van der Waals surface area contributed by atoms with Gasteiger partial charge in [0.05, 0.1) is 17.5 Å². The Kier molecular flexibility index (Phi) is 4.98. The quantitative estimate of drug-likeness (QED) is 0.535. The largest absolute Gasteiger partial charge is 0.477 e. The van der Waals surface area contributed by atoms with E-state index in [0.717, 1.165) is 40.1 Å². The molecular weight excluding hydrogens is 406 g/mol. The highest BCUT2D eigenvalue weighted by molar-refractivity contribution is 7.16. The molecule has 2 heterocycles. The van der Waals surface area contributed by atoms with E-state index < -0.39 is 17.7 Å². The molecule has 0 unspecified atom stereocenters. The summed E-state index contributed by atoms with van der Waals surface area (Å²) in [5, 5.41) is 19.8. The van der Waals surface area contributed by atoms with Crippen molar-refractivity contribution in [2.45, 2.75) is 39.2 Å². The van der Waals surface area contributed by atoms with Crippen LogP contribution < -0.4 is 10.1 Å². The average Bonchev–Trinajstić information content (AvgIpc) is 3.26. The standard InChI is InChI=1S/C21H21N3O5S/c1-21(2,3)29-20(27)23-12-5-7-13(8-6-12)28-19-15-14(17(30-19)18(25)26)9-4-11-10-22-24-16(11)15/h5-8,10H,4,9H2,1-3H3,(H,22,24)(H,23,27)(H,25,26). The van der Waals surface area contributed by atoms with E-state index in [4.69, 9.17) is 9.47 Å². The summed E-state index contributed by atoms with van der Waals surface area (Å²) in [6.07, 6.45) is 2.58. The van der Waals surface area contributed by atoms with Gasteiger partial charge in [-0.3, -0.25) is 10.4 Å². The molecule has 8 nitrogen and oxygen atoms in total. The fourth-order valence-corrected chi connectivity index (χ4v) is 4.35. The number of aromatic carboxylic acids is 1. The summed E-state index contributed by atoms with van der Waals surface area (Å²) in [4.78, 5) is 23.9. The van der Waals surface area contributed by atoms with Gasteiger partial charge in [-0.15, -0.1) is 0 Å². The number of aryl methyl sites for hydroxylation is 1. The summed E-state index contributed by atoms with van der Waals surface area (Å²) >= 11 is 1.11. The lowest BCUT2D eigenvalue weighted by atomic mass is 9.92. The number of nitrogens with zero attached hydrogens (tertiary/aromatic N) is 1. The molecule has 1 aromatic carbocycles. The maximum absolute atomic E-state index is 11.9. The highest BCUT2D eigenvalue weighted by Gasteiger charge is 2.30. The van der Waals surface area contributed by atoms with Crippen LogP contribution >= 0.6 is 11.3 Å². The van der Waals surface area contributed by atoms with Gasteiger partial charge in [-0.05, 0) is 69.0 Å². The Morgan fingerprint density at radius 3 is 2.60 bits per heavy atom. The van der Waals surface area contributed by atoms with Crippen molar-refractivity contribution >= 4 is 29.1 Å². The second kappa shape index (κ2) is 7.49. The Morgan fingerprint density at radius 1 is 1.20 bits per heavy atom. The minimum atomic E-state index is -0.967. The van der Waals surface area contributed by atoms with E-state index in [1.165, 1.54) is 0 Å². The molecule has 4 rings (SSSR count). The number of carbonyl (C=O) groups is 2. The van der Waals surface area contributed by atoms with Gasteiger partial charge >= 0.3 is 12.1 Å². The van der Waals surface area contributed by atoms with E-state index >= 15 is 0 Å². The first kappa shape index (κ1) is 20.0. The summed E-state index contributed by atoms with van der Waals surface area (Å²) in [6.45, 7) is 5.38. The molecule has 0 fully saturated rings. The number of fused-ring (bicyclic) bond motifs is 3. The van der Waals surface area contributed by atoms with Crippen LogP contribution in [0.1, 0.15) is 41.6 Å². The number of aromatic nitrogens is 2. The summed E-state index contributed by atoms with van der Waals surface area (Å²) in [5.41, 5.74) is 3.34. The zero-order valence-corrected chi connectivity index (χ0v) is 17.6. The minimum absolute atomic E-state index is 0.281. The van der Waals surface area contributed by atoms with Crippen molar-refractivity contribution in [2.24, 2.45) is 0 Å². The van der Waals surface area contributed by atoms with E-state index in [9.17, 15) is 14.7 Å². The first-order chi connectivity index (χ1) is 14.2. The van der Waals surface area contributed by atoms with Crippen LogP contribution in [0.2, 0.25) is 0 Å². The Labute approximate surface area is 176 Å². The molecule has 156 valence electrons. The van der Waals surface area contributed by atoms with Crippen molar-refractivity contribution < 1.29 is 24.2 Å². The minimum Gasteiger partial charge on any atom is -0.477 e. The fraction of sp³-hybridized carbons (Fsp3) is 0.286. The van der Waals surface area contributed by atoms with Crippen LogP contribution in [-0.2, 0) is 17.6 Å². The molecule has 9 heteroatoms. The number of hydrogen-bond donors (Lipinski definition) is 3. The fourth-order valence-electron chi connectivity index (χ4n) is 3.29. The topological polar surface area (TPSA) is 114 Å². The lowest BCUT2D eigenvalue weighted by molar-refractivity contribution is 0.0634. The maximum atomic E-state index is 11.9. The van der Waals surface area contributed by atoms with E-state index in [0.29, 0.717) is 22.9 Å². The van der Waals surface area contributed by atoms with Gasteiger partial charge in [-0.1, -0.05) is 11.3 Å². The highest BCUT2D eigenvalue weighted by atomic mass is 32.1. The predicted molar refractivity (Wildman–Crippen MR) is 113 cm³/mol. The smallest absolute Gasteiger partial charge is 0.412 e. The summed E-state index contributed by atoms with van der Waals surface area (Å²) in [7, 11) is 0. The van der Waals surface area contributed by atoms with Crippen LogP contribution in [0.25, 0.3) is 11.3 Å². The number of carboxylic acids is 1. The monoisotopic (exact) mass is 427 g/mol. The molecule has 1 amide bonds. The molecule has 3 aromatic rings. The number of ether oxygens (including phenoxy) is 2. The number of carboxylic acid groups (broad SMARTS) is 1. The van der Waals surface area contributed by atoms with Gasteiger partial charge in [-0.25, -0.2) is 9.59 Å². The molecule has 1 aliphatic carbocycles. The number of anilines is 1. The Bertz CT molecular complexity index is 1110. The molecule has 1 aliphatic rings. The number of hydrogen-bond acceptors (Lipinski definition) is 6. The predicted octanol–water partition coefficient (Wildman–Crippen LogP) is 5.07. The molecule has 0 radical (unpaired) electrons. The van der Waals surface area contributed by atoms with Crippen LogP contribution in [0.3, 0.4) is 0 Å². The van der Waals surface area contributed by atoms with Crippen LogP contribution in [-0.4, -0.2) is 33.0 Å². The third kappa shape index (κ3) is 4.02. The highest BCUT2D eigenvalue weighted by Crippen LogP contribution is 2.47. The Balaban J connectivity index is 1.57. The van der Waals surface area contributed by atoms with Crippen LogP contribution in [0, 0.1) is 0 Å². The number of benzene rings is 1. The van der Waals surface area contributed by atoms with Gasteiger partial charge in [0.15, 0.2) is 5.06 Å². The first-order valence-corrected chi connectivity index (χ1v) is 10.2. The number of nitrogens with one attached hydrogen (secondary N) is 2. The summed E-state index contributed by atoms with van der Waals surface area (Å²) in [6, 6.07) is 6.80. The Hall–Kier alpha value is -3.33. The van der Waals surface area contributed by atoms with Gasteiger partial charge in [0.25, 0.3) is 0 Å². The maximum Gasteiger partial charge on any atom is 0.412 e. The molecule has 0 atom stereocenters. The van der Waals surface area contributed by atoms with Crippen LogP contribution in [0.4, 0.5) is 10.5 Å². The van der Waals surface area contributed by atoms with E-state index in [1.807, 2.05) is 0 Å². The number of carbonyl (C=O) groups excluding carboxylic acids is 1. The van der Waals surface area contributed by atoms with E-state index in [2.05, 4.69) is 15.5 Å². The van der Waals surface area contributed by atoms with Gasteiger partial charge in [0, 0.05) is 5.69 Å². The average molecular weight is 427 g/mol. The second-order valence-corrected chi connectivity index (χ2v) is 8.88. The Morgan fingerprint density at radius 2 is 1.93 bits per heavy atom. The van der Waals surface area contributed by atoms with Gasteiger partial charge in [-0.2, -0.15) is 5.10 Å². The third-order valence-corrected chi connectivity index (χ3v) is 5.59.